The zero-order chi connectivity index (χ0) is 25.6. The molecule has 0 aliphatic heterocycles. The van der Waals surface area contributed by atoms with E-state index in [-0.39, 0.29) is 29.9 Å². The van der Waals surface area contributed by atoms with Crippen molar-refractivity contribution < 1.29 is 18.0 Å². The molecule has 2 amide bonds. The Morgan fingerprint density at radius 3 is 2.37 bits per heavy atom. The average Bonchev–Trinajstić information content (AvgIpc) is 2.83. The fourth-order valence-electron chi connectivity index (χ4n) is 4.24. The molecule has 2 aromatic rings. The van der Waals surface area contributed by atoms with E-state index in [0.29, 0.717) is 0 Å². The van der Waals surface area contributed by atoms with E-state index < -0.39 is 22.0 Å². The highest BCUT2D eigenvalue weighted by atomic mass is 79.9. The second-order valence-corrected chi connectivity index (χ2v) is 12.2. The van der Waals surface area contributed by atoms with E-state index in [9.17, 15) is 18.0 Å². The Labute approximate surface area is 217 Å². The minimum Gasteiger partial charge on any atom is -0.352 e. The maximum absolute atomic E-state index is 13.4. The number of hydrogen-bond donors (Lipinski definition) is 1. The van der Waals surface area contributed by atoms with Crippen LogP contribution in [-0.4, -0.2) is 55.1 Å². The van der Waals surface area contributed by atoms with Crippen LogP contribution < -0.4 is 5.32 Å². The second-order valence-electron chi connectivity index (χ2n) is 9.25. The molecule has 0 spiro atoms. The topological polar surface area (TPSA) is 86.8 Å². The number of carbonyl (C=O) groups excluding carboxylic acids is 2. The predicted molar refractivity (Wildman–Crippen MR) is 140 cm³/mol. The summed E-state index contributed by atoms with van der Waals surface area (Å²) in [4.78, 5) is 28.1. The molecule has 190 valence electrons. The van der Waals surface area contributed by atoms with Crippen LogP contribution in [0.15, 0.2) is 57.9 Å². The predicted octanol–water partition coefficient (Wildman–Crippen LogP) is 4.24. The maximum atomic E-state index is 13.4. The number of aryl methyl sites for hydroxylation is 1. The van der Waals surface area contributed by atoms with Crippen molar-refractivity contribution in [2.75, 3.05) is 13.6 Å². The normalized spacial score (nSPS) is 15.6. The molecule has 3 rings (SSSR count). The SMILES string of the molecule is Cc1ccc(S(=O)(=O)N(C)CC(=O)N(Cc2cccc(Br)c2)[C@H](C)C(=O)NC2CCCCC2)cc1. The molecule has 0 unspecified atom stereocenters. The van der Waals surface area contributed by atoms with Crippen LogP contribution in [0.1, 0.15) is 50.2 Å². The number of halogens is 1. The van der Waals surface area contributed by atoms with Gasteiger partial charge in [-0.3, -0.25) is 9.59 Å². The second kappa shape index (κ2) is 12.1. The monoisotopic (exact) mass is 563 g/mol. The fourth-order valence-corrected chi connectivity index (χ4v) is 5.81. The third-order valence-electron chi connectivity index (χ3n) is 6.45. The molecule has 2 aromatic carbocycles. The number of likely N-dealkylation sites (N-methyl/N-ethyl adjacent to an activating group) is 1. The van der Waals surface area contributed by atoms with Crippen molar-refractivity contribution in [3.63, 3.8) is 0 Å². The molecule has 1 atom stereocenters. The number of nitrogens with zero attached hydrogens (tertiary/aromatic N) is 2. The van der Waals surface area contributed by atoms with Gasteiger partial charge in [-0.15, -0.1) is 0 Å². The van der Waals surface area contributed by atoms with Gasteiger partial charge in [0.05, 0.1) is 11.4 Å². The molecule has 9 heteroatoms. The van der Waals surface area contributed by atoms with Gasteiger partial charge < -0.3 is 10.2 Å². The lowest BCUT2D eigenvalue weighted by Crippen LogP contribution is -2.52. The summed E-state index contributed by atoms with van der Waals surface area (Å²) in [6.07, 6.45) is 5.23. The molecular formula is C26H34BrN3O4S. The van der Waals surface area contributed by atoms with E-state index in [1.54, 1.807) is 19.1 Å². The number of sulfonamides is 1. The standard InChI is InChI=1S/C26H34BrN3O4S/c1-19-12-14-24(15-13-19)35(33,34)29(3)18-25(31)30(17-21-8-7-9-22(27)16-21)20(2)26(32)28-23-10-5-4-6-11-23/h7-9,12-16,20,23H,4-6,10-11,17-18H2,1-3H3,(H,28,32)/t20-/m1/s1. The molecule has 1 fully saturated rings. The summed E-state index contributed by atoms with van der Waals surface area (Å²) in [5.41, 5.74) is 1.79. The molecular weight excluding hydrogens is 530 g/mol. The van der Waals surface area contributed by atoms with Crippen molar-refractivity contribution in [3.05, 3.63) is 64.1 Å². The molecule has 0 heterocycles. The lowest BCUT2D eigenvalue weighted by Gasteiger charge is -2.32. The Morgan fingerprint density at radius 1 is 1.09 bits per heavy atom. The van der Waals surface area contributed by atoms with Crippen molar-refractivity contribution >= 4 is 37.8 Å². The molecule has 1 saturated carbocycles. The van der Waals surface area contributed by atoms with Crippen molar-refractivity contribution in [1.29, 1.82) is 0 Å². The van der Waals surface area contributed by atoms with Gasteiger partial charge in [-0.2, -0.15) is 4.31 Å². The van der Waals surface area contributed by atoms with E-state index >= 15 is 0 Å². The highest BCUT2D eigenvalue weighted by Gasteiger charge is 2.31. The van der Waals surface area contributed by atoms with Crippen LogP contribution in [0.4, 0.5) is 0 Å². The highest BCUT2D eigenvalue weighted by Crippen LogP contribution is 2.20. The van der Waals surface area contributed by atoms with Crippen LogP contribution >= 0.6 is 15.9 Å². The number of nitrogens with one attached hydrogen (secondary N) is 1. The Bertz CT molecular complexity index is 1130. The fraction of sp³-hybridized carbons (Fsp3) is 0.462. The summed E-state index contributed by atoms with van der Waals surface area (Å²) < 4.78 is 28.0. The smallest absolute Gasteiger partial charge is 0.243 e. The first kappa shape index (κ1) is 27.4. The summed E-state index contributed by atoms with van der Waals surface area (Å²) in [6.45, 7) is 3.40. The van der Waals surface area contributed by atoms with E-state index in [1.807, 2.05) is 31.2 Å². The Balaban J connectivity index is 1.79. The number of carbonyl (C=O) groups is 2. The van der Waals surface area contributed by atoms with Crippen molar-refractivity contribution in [2.45, 2.75) is 69.5 Å². The average molecular weight is 565 g/mol. The summed E-state index contributed by atoms with van der Waals surface area (Å²) >= 11 is 3.45. The van der Waals surface area contributed by atoms with E-state index in [4.69, 9.17) is 0 Å². The molecule has 35 heavy (non-hydrogen) atoms. The van der Waals surface area contributed by atoms with Gasteiger partial charge in [-0.05, 0) is 56.5 Å². The van der Waals surface area contributed by atoms with Crippen LogP contribution in [-0.2, 0) is 26.2 Å². The Kier molecular flexibility index (Phi) is 9.49. The van der Waals surface area contributed by atoms with Crippen molar-refractivity contribution in [1.82, 2.24) is 14.5 Å². The maximum Gasteiger partial charge on any atom is 0.243 e. The third-order valence-corrected chi connectivity index (χ3v) is 8.76. The van der Waals surface area contributed by atoms with Crippen molar-refractivity contribution in [3.8, 4) is 0 Å². The number of hydrogen-bond acceptors (Lipinski definition) is 4. The zero-order valence-corrected chi connectivity index (χ0v) is 22.9. The zero-order valence-electron chi connectivity index (χ0n) is 20.5. The van der Waals surface area contributed by atoms with Crippen LogP contribution in [0.2, 0.25) is 0 Å². The lowest BCUT2D eigenvalue weighted by molar-refractivity contribution is -0.141. The van der Waals surface area contributed by atoms with E-state index in [1.165, 1.54) is 30.5 Å². The third kappa shape index (κ3) is 7.38. The van der Waals surface area contributed by atoms with Crippen LogP contribution in [0, 0.1) is 6.92 Å². The van der Waals surface area contributed by atoms with Gasteiger partial charge in [0.1, 0.15) is 6.04 Å². The van der Waals surface area contributed by atoms with Gasteiger partial charge in [0.15, 0.2) is 0 Å². The molecule has 1 N–H and O–H groups in total. The minimum atomic E-state index is -3.85. The quantitative estimate of drug-likeness (QED) is 0.494. The van der Waals surface area contributed by atoms with Gasteiger partial charge in [0, 0.05) is 24.1 Å². The number of benzene rings is 2. The lowest BCUT2D eigenvalue weighted by atomic mass is 9.95. The highest BCUT2D eigenvalue weighted by molar-refractivity contribution is 9.10. The molecule has 0 aromatic heterocycles. The first-order chi connectivity index (χ1) is 16.6. The number of rotatable bonds is 9. The molecule has 1 aliphatic carbocycles. The van der Waals surface area contributed by atoms with E-state index in [2.05, 4.69) is 21.2 Å². The first-order valence-electron chi connectivity index (χ1n) is 11.9. The largest absolute Gasteiger partial charge is 0.352 e. The molecule has 0 saturated heterocycles. The van der Waals surface area contributed by atoms with Crippen LogP contribution in [0.25, 0.3) is 0 Å². The van der Waals surface area contributed by atoms with Crippen molar-refractivity contribution in [2.24, 2.45) is 0 Å². The van der Waals surface area contributed by atoms with Gasteiger partial charge in [-0.1, -0.05) is 65.0 Å². The number of amides is 2. The molecule has 1 aliphatic rings. The molecule has 0 bridgehead atoms. The Morgan fingerprint density at radius 2 is 1.74 bits per heavy atom. The van der Waals surface area contributed by atoms with Gasteiger partial charge in [0.25, 0.3) is 0 Å². The van der Waals surface area contributed by atoms with Crippen LogP contribution in [0.3, 0.4) is 0 Å². The Hall–Kier alpha value is -2.23. The summed E-state index contributed by atoms with van der Waals surface area (Å²) in [6, 6.07) is 13.4. The van der Waals surface area contributed by atoms with Gasteiger partial charge >= 0.3 is 0 Å². The van der Waals surface area contributed by atoms with Crippen LogP contribution in [0.5, 0.6) is 0 Å². The van der Waals surface area contributed by atoms with E-state index in [0.717, 1.165) is 45.6 Å². The molecule has 7 nitrogen and oxygen atoms in total. The molecule has 0 radical (unpaired) electrons. The first-order valence-corrected chi connectivity index (χ1v) is 14.2. The summed E-state index contributed by atoms with van der Waals surface area (Å²) in [7, 11) is -2.47. The van der Waals surface area contributed by atoms with Gasteiger partial charge in [0.2, 0.25) is 21.8 Å². The minimum absolute atomic E-state index is 0.117. The summed E-state index contributed by atoms with van der Waals surface area (Å²) in [5, 5.41) is 3.09. The summed E-state index contributed by atoms with van der Waals surface area (Å²) in [5.74, 6) is -0.654. The van der Waals surface area contributed by atoms with Gasteiger partial charge in [-0.25, -0.2) is 8.42 Å².